The molecule has 1 aromatic carbocycles. The van der Waals surface area contributed by atoms with Gasteiger partial charge in [0.2, 0.25) is 0 Å². The molecule has 0 saturated heterocycles. The molecule has 2 aromatic rings. The molecule has 3 rings (SSSR count). The van der Waals surface area contributed by atoms with E-state index in [0.717, 1.165) is 29.9 Å². The summed E-state index contributed by atoms with van der Waals surface area (Å²) in [6, 6.07) is 12.7. The van der Waals surface area contributed by atoms with Crippen molar-refractivity contribution in [2.45, 2.75) is 69.6 Å². The van der Waals surface area contributed by atoms with Gasteiger partial charge in [-0.3, -0.25) is 4.79 Å². The zero-order valence-electron chi connectivity index (χ0n) is 17.3. The number of amides is 1. The Bertz CT molecular complexity index is 798. The van der Waals surface area contributed by atoms with E-state index in [1.54, 1.807) is 11.8 Å². The first-order valence-corrected chi connectivity index (χ1v) is 11.2. The van der Waals surface area contributed by atoms with Crippen molar-refractivity contribution < 1.29 is 4.79 Å². The Morgan fingerprint density at radius 1 is 1.18 bits per heavy atom. The van der Waals surface area contributed by atoms with E-state index in [2.05, 4.69) is 56.1 Å². The van der Waals surface area contributed by atoms with E-state index in [0.29, 0.717) is 16.7 Å². The summed E-state index contributed by atoms with van der Waals surface area (Å²) in [6.45, 7) is 6.67. The van der Waals surface area contributed by atoms with Crippen LogP contribution >= 0.6 is 11.8 Å². The highest BCUT2D eigenvalue weighted by Gasteiger charge is 2.30. The number of hydrogen-bond donors (Lipinski definition) is 1. The van der Waals surface area contributed by atoms with Crippen molar-refractivity contribution in [3.63, 3.8) is 0 Å². The molecule has 2 atom stereocenters. The van der Waals surface area contributed by atoms with Gasteiger partial charge in [0.15, 0.2) is 0 Å². The van der Waals surface area contributed by atoms with E-state index in [1.807, 2.05) is 12.3 Å². The van der Waals surface area contributed by atoms with Crippen LogP contribution in [0.5, 0.6) is 0 Å². The summed E-state index contributed by atoms with van der Waals surface area (Å²) in [4.78, 5) is 16.9. The number of aryl methyl sites for hydroxylation is 1. The van der Waals surface area contributed by atoms with Gasteiger partial charge in [-0.15, -0.1) is 11.8 Å². The Morgan fingerprint density at radius 2 is 1.93 bits per heavy atom. The second-order valence-electron chi connectivity index (χ2n) is 9.11. The van der Waals surface area contributed by atoms with Crippen molar-refractivity contribution in [3.05, 3.63) is 59.3 Å². The van der Waals surface area contributed by atoms with Gasteiger partial charge in [0.25, 0.3) is 5.91 Å². The highest BCUT2D eigenvalue weighted by molar-refractivity contribution is 8.00. The maximum Gasteiger partial charge on any atom is 0.251 e. The number of hydrogen-bond acceptors (Lipinski definition) is 3. The number of benzene rings is 1. The molecule has 0 aliphatic heterocycles. The van der Waals surface area contributed by atoms with E-state index in [-0.39, 0.29) is 11.3 Å². The molecule has 1 aromatic heterocycles. The number of carbonyl (C=O) groups is 1. The zero-order valence-corrected chi connectivity index (χ0v) is 18.1. The van der Waals surface area contributed by atoms with Crippen LogP contribution in [0.4, 0.5) is 0 Å². The molecule has 0 spiro atoms. The fraction of sp³-hybridized carbons (Fsp3) is 0.500. The van der Waals surface area contributed by atoms with Crippen molar-refractivity contribution in [1.82, 2.24) is 4.98 Å². The van der Waals surface area contributed by atoms with Crippen molar-refractivity contribution in [2.24, 2.45) is 17.1 Å². The van der Waals surface area contributed by atoms with Crippen LogP contribution in [0.1, 0.15) is 67.9 Å². The van der Waals surface area contributed by atoms with Gasteiger partial charge < -0.3 is 5.73 Å². The highest BCUT2D eigenvalue weighted by atomic mass is 32.2. The Morgan fingerprint density at radius 3 is 2.61 bits per heavy atom. The molecule has 2 unspecified atom stereocenters. The van der Waals surface area contributed by atoms with E-state index < -0.39 is 0 Å². The van der Waals surface area contributed by atoms with Gasteiger partial charge in [-0.1, -0.05) is 57.5 Å². The van der Waals surface area contributed by atoms with Crippen LogP contribution in [0.3, 0.4) is 0 Å². The van der Waals surface area contributed by atoms with Crippen molar-refractivity contribution >= 4 is 17.7 Å². The molecule has 1 heterocycles. The monoisotopic (exact) mass is 396 g/mol. The molecule has 1 fully saturated rings. The van der Waals surface area contributed by atoms with Crippen LogP contribution in [0.25, 0.3) is 0 Å². The summed E-state index contributed by atoms with van der Waals surface area (Å²) in [7, 11) is 0. The Balaban J connectivity index is 1.78. The van der Waals surface area contributed by atoms with Crippen molar-refractivity contribution in [1.29, 1.82) is 0 Å². The van der Waals surface area contributed by atoms with Gasteiger partial charge in [-0.25, -0.2) is 4.98 Å². The topological polar surface area (TPSA) is 56.0 Å². The Labute approximate surface area is 173 Å². The van der Waals surface area contributed by atoms with Crippen molar-refractivity contribution in [3.8, 4) is 0 Å². The number of nitrogens with two attached hydrogens (primary N) is 1. The second kappa shape index (κ2) is 9.13. The summed E-state index contributed by atoms with van der Waals surface area (Å²) >= 11 is 1.77. The fourth-order valence-electron chi connectivity index (χ4n) is 4.00. The van der Waals surface area contributed by atoms with Gasteiger partial charge in [-0.05, 0) is 60.6 Å². The van der Waals surface area contributed by atoms with Crippen LogP contribution in [0.15, 0.2) is 47.6 Å². The molecule has 150 valence electrons. The lowest BCUT2D eigenvalue weighted by Crippen LogP contribution is -2.19. The third-order valence-corrected chi connectivity index (χ3v) is 7.04. The molecule has 28 heavy (non-hydrogen) atoms. The minimum Gasteiger partial charge on any atom is -0.366 e. The summed E-state index contributed by atoms with van der Waals surface area (Å²) in [5.41, 5.74) is 9.09. The minimum absolute atomic E-state index is 0.220. The smallest absolute Gasteiger partial charge is 0.251 e. The Kier molecular flexibility index (Phi) is 6.82. The first kappa shape index (κ1) is 20.9. The summed E-state index contributed by atoms with van der Waals surface area (Å²) in [5.74, 6) is 0.269. The first-order chi connectivity index (χ1) is 13.3. The number of carbonyl (C=O) groups excluding carboxylic acids is 1. The maximum atomic E-state index is 12.3. The number of thioether (sulfide) groups is 1. The largest absolute Gasteiger partial charge is 0.366 e. The van der Waals surface area contributed by atoms with Gasteiger partial charge in [0, 0.05) is 11.4 Å². The third-order valence-electron chi connectivity index (χ3n) is 5.59. The number of nitrogens with zero attached hydrogens (tertiary/aromatic N) is 1. The molecule has 4 heteroatoms. The molecule has 0 radical (unpaired) electrons. The van der Waals surface area contributed by atoms with Gasteiger partial charge in [-0.2, -0.15) is 0 Å². The summed E-state index contributed by atoms with van der Waals surface area (Å²) in [6.07, 6.45) is 8.46. The maximum absolute atomic E-state index is 12.3. The average molecular weight is 397 g/mol. The van der Waals surface area contributed by atoms with Crippen LogP contribution in [-0.4, -0.2) is 16.1 Å². The molecular weight excluding hydrogens is 364 g/mol. The molecule has 1 saturated carbocycles. The molecule has 1 amide bonds. The lowest BCUT2D eigenvalue weighted by molar-refractivity contribution is 0.0995. The molecule has 2 N–H and O–H groups in total. The number of rotatable bonds is 7. The number of primary amides is 1. The van der Waals surface area contributed by atoms with Crippen molar-refractivity contribution in [2.75, 3.05) is 0 Å². The minimum atomic E-state index is -0.350. The van der Waals surface area contributed by atoms with Crippen LogP contribution < -0.4 is 5.73 Å². The first-order valence-electron chi connectivity index (χ1n) is 10.3. The standard InChI is InChI=1S/C24H32N2OS/c1-24(2,3)14-12-18-13-15-26-23(21(18)22(25)27)28-20-11-7-10-19(20)16-17-8-5-4-6-9-17/h4-6,8-9,13,15,19-20H,7,10-12,14,16H2,1-3H3,(H2,25,27). The second-order valence-corrected chi connectivity index (χ2v) is 10.3. The van der Waals surface area contributed by atoms with E-state index in [4.69, 9.17) is 5.73 Å². The lowest BCUT2D eigenvalue weighted by Gasteiger charge is -2.22. The average Bonchev–Trinajstić information content (AvgIpc) is 3.07. The predicted octanol–water partition coefficient (Wildman–Crippen LogP) is 5.66. The fourth-order valence-corrected chi connectivity index (χ4v) is 5.47. The molecule has 3 nitrogen and oxygen atoms in total. The summed E-state index contributed by atoms with van der Waals surface area (Å²) in [5, 5.41) is 1.31. The van der Waals surface area contributed by atoms with Crippen LogP contribution in [0.2, 0.25) is 0 Å². The van der Waals surface area contributed by atoms with E-state index in [1.165, 1.54) is 24.8 Å². The number of pyridine rings is 1. The van der Waals surface area contributed by atoms with E-state index >= 15 is 0 Å². The third kappa shape index (κ3) is 5.60. The lowest BCUT2D eigenvalue weighted by atomic mass is 9.88. The predicted molar refractivity (Wildman–Crippen MR) is 118 cm³/mol. The van der Waals surface area contributed by atoms with Crippen LogP contribution in [0, 0.1) is 11.3 Å². The van der Waals surface area contributed by atoms with Crippen LogP contribution in [-0.2, 0) is 12.8 Å². The van der Waals surface area contributed by atoms with Gasteiger partial charge in [0.05, 0.1) is 5.56 Å². The molecule has 0 bridgehead atoms. The SMILES string of the molecule is CC(C)(C)CCc1ccnc(SC2CCCC2Cc2ccccc2)c1C(N)=O. The number of aromatic nitrogens is 1. The van der Waals surface area contributed by atoms with E-state index in [9.17, 15) is 4.79 Å². The Hall–Kier alpha value is -1.81. The molecule has 1 aliphatic carbocycles. The zero-order chi connectivity index (χ0) is 20.1. The van der Waals surface area contributed by atoms with Gasteiger partial charge >= 0.3 is 0 Å². The molecular formula is C24H32N2OS. The molecule has 1 aliphatic rings. The highest BCUT2D eigenvalue weighted by Crippen LogP contribution is 2.41. The summed E-state index contributed by atoms with van der Waals surface area (Å²) < 4.78 is 0. The van der Waals surface area contributed by atoms with Gasteiger partial charge in [0.1, 0.15) is 5.03 Å². The quantitative estimate of drug-likeness (QED) is 0.657. The normalized spacial score (nSPS) is 19.7.